The number of fused-ring (bicyclic) bond motifs is 2. The fourth-order valence-electron chi connectivity index (χ4n) is 2.67. The van der Waals surface area contributed by atoms with E-state index in [1.165, 1.54) is 17.2 Å². The summed E-state index contributed by atoms with van der Waals surface area (Å²) >= 11 is 0. The zero-order chi connectivity index (χ0) is 17.5. The monoisotopic (exact) mass is 343 g/mol. The first-order valence-electron chi connectivity index (χ1n) is 8.38. The highest BCUT2D eigenvalue weighted by Gasteiger charge is 2.21. The Labute approximate surface area is 145 Å². The van der Waals surface area contributed by atoms with Gasteiger partial charge in [0, 0.05) is 31.4 Å². The Morgan fingerprint density at radius 2 is 2.04 bits per heavy atom. The van der Waals surface area contributed by atoms with Crippen LogP contribution in [0.25, 0.3) is 0 Å². The molecule has 0 unspecified atom stereocenters. The number of nitrogens with one attached hydrogen (secondary N) is 2. The molecule has 8 nitrogen and oxygen atoms in total. The third kappa shape index (κ3) is 4.79. The van der Waals surface area contributed by atoms with E-state index in [1.807, 2.05) is 18.2 Å². The van der Waals surface area contributed by atoms with Crippen molar-refractivity contribution < 1.29 is 14.1 Å². The fraction of sp³-hybridized carbons (Fsp3) is 0.412. The van der Waals surface area contributed by atoms with Crippen LogP contribution in [0.15, 0.2) is 35.1 Å². The average Bonchev–Trinajstić information content (AvgIpc) is 3.14. The number of hydrogen-bond acceptors (Lipinski definition) is 6. The minimum atomic E-state index is -0.306. The van der Waals surface area contributed by atoms with Crippen LogP contribution in [-0.4, -0.2) is 53.0 Å². The molecule has 3 heterocycles. The van der Waals surface area contributed by atoms with Crippen molar-refractivity contribution in [1.29, 1.82) is 0 Å². The summed E-state index contributed by atoms with van der Waals surface area (Å²) < 4.78 is 4.74. The van der Waals surface area contributed by atoms with Crippen LogP contribution in [0.5, 0.6) is 0 Å². The molecule has 1 aliphatic heterocycles. The van der Waals surface area contributed by atoms with E-state index in [2.05, 4.69) is 20.8 Å². The number of hydrogen-bond donors (Lipinski definition) is 2. The summed E-state index contributed by atoms with van der Waals surface area (Å²) in [5.74, 6) is 0.348. The lowest BCUT2D eigenvalue weighted by Crippen LogP contribution is -2.42. The summed E-state index contributed by atoms with van der Waals surface area (Å²) in [5, 5.41) is 9.76. The molecule has 2 bridgehead atoms. The van der Waals surface area contributed by atoms with Crippen molar-refractivity contribution in [2.24, 2.45) is 0 Å². The van der Waals surface area contributed by atoms with Crippen molar-refractivity contribution in [2.45, 2.75) is 19.3 Å². The highest BCUT2D eigenvalue weighted by atomic mass is 16.5. The van der Waals surface area contributed by atoms with Gasteiger partial charge in [-0.25, -0.2) is 4.98 Å². The van der Waals surface area contributed by atoms with Gasteiger partial charge in [-0.3, -0.25) is 9.59 Å². The number of aryl methyl sites for hydroxylation is 1. The van der Waals surface area contributed by atoms with Gasteiger partial charge in [0.1, 0.15) is 12.1 Å². The van der Waals surface area contributed by atoms with E-state index in [1.54, 1.807) is 0 Å². The molecule has 0 saturated carbocycles. The van der Waals surface area contributed by atoms with E-state index in [0.29, 0.717) is 19.5 Å². The van der Waals surface area contributed by atoms with E-state index < -0.39 is 0 Å². The Kier molecular flexibility index (Phi) is 5.61. The van der Waals surface area contributed by atoms with Crippen molar-refractivity contribution in [1.82, 2.24) is 20.4 Å². The summed E-state index contributed by atoms with van der Waals surface area (Å²) in [6.45, 7) is 1.71. The molecule has 8 heteroatoms. The zero-order valence-electron chi connectivity index (χ0n) is 13.9. The number of anilines is 1. The van der Waals surface area contributed by atoms with Crippen molar-refractivity contribution >= 4 is 17.6 Å². The smallest absolute Gasteiger partial charge is 0.276 e. The topological polar surface area (TPSA) is 100 Å². The number of aromatic nitrogens is 2. The number of rotatable bonds is 1. The predicted octanol–water partition coefficient (Wildman–Crippen LogP) is 1.08. The summed E-state index contributed by atoms with van der Waals surface area (Å²) in [5.41, 5.74) is 1.17. The maximum Gasteiger partial charge on any atom is 0.276 e. The van der Waals surface area contributed by atoms with Crippen LogP contribution in [0.3, 0.4) is 0 Å². The van der Waals surface area contributed by atoms with Crippen molar-refractivity contribution in [3.8, 4) is 0 Å². The summed E-state index contributed by atoms with van der Waals surface area (Å²) in [6, 6.07) is 7.36. The Balaban J connectivity index is 1.72. The van der Waals surface area contributed by atoms with Gasteiger partial charge < -0.3 is 20.1 Å². The lowest BCUT2D eigenvalue weighted by molar-refractivity contribution is -0.121. The lowest BCUT2D eigenvalue weighted by Gasteiger charge is -2.21. The standard InChI is InChI=1S/C17H21N5O3/c23-16-12-22(17(24)14-7-11-25-21-14)10-2-5-13-4-1-6-15(20-13)18-8-3-9-19-16/h1,4,6-7,11H,2-3,5,8-10,12H2,(H,18,20)(H,19,23). The molecule has 0 spiro atoms. The maximum absolute atomic E-state index is 12.5. The van der Waals surface area contributed by atoms with Crippen LogP contribution in [0.4, 0.5) is 5.82 Å². The van der Waals surface area contributed by atoms with Gasteiger partial charge in [-0.1, -0.05) is 11.2 Å². The number of pyridine rings is 1. The first-order valence-corrected chi connectivity index (χ1v) is 8.38. The molecule has 0 saturated heterocycles. The van der Waals surface area contributed by atoms with E-state index in [9.17, 15) is 9.59 Å². The summed E-state index contributed by atoms with van der Waals surface area (Å²) in [7, 11) is 0. The molecule has 2 N–H and O–H groups in total. The molecule has 0 aromatic carbocycles. The highest BCUT2D eigenvalue weighted by molar-refractivity contribution is 5.94. The van der Waals surface area contributed by atoms with Gasteiger partial charge in [0.2, 0.25) is 5.91 Å². The lowest BCUT2D eigenvalue weighted by atomic mass is 10.2. The Morgan fingerprint density at radius 1 is 1.16 bits per heavy atom. The van der Waals surface area contributed by atoms with E-state index in [-0.39, 0.29) is 24.1 Å². The van der Waals surface area contributed by atoms with Crippen LogP contribution in [0.2, 0.25) is 0 Å². The Bertz CT molecular complexity index is 717. The molecule has 0 fully saturated rings. The van der Waals surface area contributed by atoms with Crippen molar-refractivity contribution in [3.05, 3.63) is 41.9 Å². The van der Waals surface area contributed by atoms with Gasteiger partial charge in [-0.05, 0) is 31.4 Å². The number of nitrogens with zero attached hydrogens (tertiary/aromatic N) is 3. The molecule has 3 rings (SSSR count). The van der Waals surface area contributed by atoms with Crippen LogP contribution in [0.1, 0.15) is 29.0 Å². The molecule has 25 heavy (non-hydrogen) atoms. The SMILES string of the molecule is O=C1CN(C(=O)c2ccon2)CCCc2cccc(n2)NCCCN1. The first-order chi connectivity index (χ1) is 12.2. The largest absolute Gasteiger partial charge is 0.370 e. The molecule has 132 valence electrons. The van der Waals surface area contributed by atoms with Crippen LogP contribution < -0.4 is 10.6 Å². The molecular weight excluding hydrogens is 322 g/mol. The number of carbonyl (C=O) groups excluding carboxylic acids is 2. The van der Waals surface area contributed by atoms with Gasteiger partial charge >= 0.3 is 0 Å². The van der Waals surface area contributed by atoms with Gasteiger partial charge in [0.25, 0.3) is 5.91 Å². The molecule has 1 aliphatic rings. The quantitative estimate of drug-likeness (QED) is 0.803. The highest BCUT2D eigenvalue weighted by Crippen LogP contribution is 2.09. The van der Waals surface area contributed by atoms with Crippen LogP contribution in [0, 0.1) is 0 Å². The zero-order valence-corrected chi connectivity index (χ0v) is 13.9. The van der Waals surface area contributed by atoms with Crippen LogP contribution >= 0.6 is 0 Å². The summed E-state index contributed by atoms with van der Waals surface area (Å²) in [4.78, 5) is 30.7. The van der Waals surface area contributed by atoms with E-state index in [4.69, 9.17) is 4.52 Å². The Morgan fingerprint density at radius 3 is 2.88 bits per heavy atom. The summed E-state index contributed by atoms with van der Waals surface area (Å²) in [6.07, 6.45) is 3.54. The van der Waals surface area contributed by atoms with Gasteiger partial charge in [-0.2, -0.15) is 0 Å². The average molecular weight is 343 g/mol. The van der Waals surface area contributed by atoms with E-state index >= 15 is 0 Å². The Hall–Kier alpha value is -2.90. The van der Waals surface area contributed by atoms with Crippen LogP contribution in [-0.2, 0) is 11.2 Å². The normalized spacial score (nSPS) is 16.5. The molecule has 2 amide bonds. The van der Waals surface area contributed by atoms with Gasteiger partial charge in [-0.15, -0.1) is 0 Å². The first kappa shape index (κ1) is 16.9. The second-order valence-electron chi connectivity index (χ2n) is 5.86. The van der Waals surface area contributed by atoms with Crippen molar-refractivity contribution in [2.75, 3.05) is 31.5 Å². The number of carbonyl (C=O) groups is 2. The molecule has 0 aliphatic carbocycles. The minimum absolute atomic E-state index is 0.00654. The molecule has 0 radical (unpaired) electrons. The third-order valence-corrected chi connectivity index (χ3v) is 3.93. The van der Waals surface area contributed by atoms with Crippen molar-refractivity contribution in [3.63, 3.8) is 0 Å². The predicted molar refractivity (Wildman–Crippen MR) is 91.1 cm³/mol. The molecular formula is C17H21N5O3. The molecule has 2 aromatic rings. The second-order valence-corrected chi connectivity index (χ2v) is 5.86. The number of amides is 2. The molecule has 2 aromatic heterocycles. The van der Waals surface area contributed by atoms with E-state index in [0.717, 1.165) is 30.9 Å². The minimum Gasteiger partial charge on any atom is -0.370 e. The fourth-order valence-corrected chi connectivity index (χ4v) is 2.67. The van der Waals surface area contributed by atoms with Gasteiger partial charge in [0.15, 0.2) is 5.69 Å². The maximum atomic E-state index is 12.5. The molecule has 0 atom stereocenters. The van der Waals surface area contributed by atoms with Gasteiger partial charge in [0.05, 0.1) is 6.54 Å². The second kappa shape index (κ2) is 8.27. The third-order valence-electron chi connectivity index (χ3n) is 3.93.